The first-order chi connectivity index (χ1) is 27.1. The van der Waals surface area contributed by atoms with Gasteiger partial charge in [0.1, 0.15) is 11.6 Å². The van der Waals surface area contributed by atoms with E-state index < -0.39 is 5.97 Å². The number of rotatable bonds is 6. The molecule has 0 bridgehead atoms. The minimum absolute atomic E-state index is 0.0111. The average Bonchev–Trinajstić information content (AvgIpc) is 3.52. The van der Waals surface area contributed by atoms with Crippen LogP contribution in [0, 0.1) is 11.6 Å². The standard InChI is InChI=1S/C24H23FN2O2.C23H23FN2O/c1-14(2)22-21(24(28)29-3)20(15-8-10-17(25)11-9-15)19-13-26-12-16-6-4-5-7-18(16)23(19)27-22;1-14(2)22-20(13-27)21(15-7-9-17(24)10-8-15)19-12-25-11-16-5-3-4-6-18(16)23(19)26-22/h4-11,14,26H,12-13H2,1-3H3;3-10,14,25,27H,11-13H2,1-2H3. The van der Waals surface area contributed by atoms with Crippen molar-refractivity contribution in [1.82, 2.24) is 20.6 Å². The summed E-state index contributed by atoms with van der Waals surface area (Å²) in [4.78, 5) is 22.8. The maximum Gasteiger partial charge on any atom is 0.340 e. The normalized spacial score (nSPS) is 13.0. The van der Waals surface area contributed by atoms with Crippen molar-refractivity contribution >= 4 is 5.97 Å². The molecule has 6 aromatic rings. The Morgan fingerprint density at radius 3 is 1.57 bits per heavy atom. The first-order valence-electron chi connectivity index (χ1n) is 19.0. The van der Waals surface area contributed by atoms with Crippen LogP contribution in [0.15, 0.2) is 97.1 Å². The quantitative estimate of drug-likeness (QED) is 0.146. The zero-order chi connectivity index (χ0) is 39.5. The number of carbonyl (C=O) groups excluding carboxylic acids is 1. The number of hydrogen-bond acceptors (Lipinski definition) is 7. The molecule has 0 spiro atoms. The summed E-state index contributed by atoms with van der Waals surface area (Å²) in [6, 6.07) is 29.2. The largest absolute Gasteiger partial charge is 0.465 e. The highest BCUT2D eigenvalue weighted by Crippen LogP contribution is 2.42. The van der Waals surface area contributed by atoms with Crippen LogP contribution in [-0.4, -0.2) is 28.2 Å². The Kier molecular flexibility index (Phi) is 11.5. The molecule has 0 radical (unpaired) electrons. The third-order valence-corrected chi connectivity index (χ3v) is 10.4. The van der Waals surface area contributed by atoms with Gasteiger partial charge in [0.15, 0.2) is 0 Å². The number of methoxy groups -OCH3 is 1. The number of halogens is 2. The second kappa shape index (κ2) is 16.6. The Labute approximate surface area is 326 Å². The highest BCUT2D eigenvalue weighted by Gasteiger charge is 2.30. The molecule has 56 heavy (non-hydrogen) atoms. The lowest BCUT2D eigenvalue weighted by Gasteiger charge is -2.22. The molecule has 0 saturated carbocycles. The summed E-state index contributed by atoms with van der Waals surface area (Å²) in [6.07, 6.45) is 0. The van der Waals surface area contributed by atoms with E-state index in [1.807, 2.05) is 38.1 Å². The molecule has 0 amide bonds. The molecule has 0 saturated heterocycles. The molecule has 0 aliphatic carbocycles. The number of esters is 1. The van der Waals surface area contributed by atoms with Crippen LogP contribution in [0.1, 0.15) is 89.1 Å². The molecular formula is C47H46F2N4O3. The molecular weight excluding hydrogens is 707 g/mol. The van der Waals surface area contributed by atoms with Crippen molar-refractivity contribution in [2.45, 2.75) is 72.3 Å². The van der Waals surface area contributed by atoms with Gasteiger partial charge < -0.3 is 20.5 Å². The Morgan fingerprint density at radius 2 is 1.11 bits per heavy atom. The van der Waals surface area contributed by atoms with Crippen LogP contribution in [0.3, 0.4) is 0 Å². The lowest BCUT2D eigenvalue weighted by Crippen LogP contribution is -2.17. The fourth-order valence-corrected chi connectivity index (χ4v) is 7.83. The van der Waals surface area contributed by atoms with Gasteiger partial charge in [0.05, 0.1) is 36.4 Å². The first kappa shape index (κ1) is 38.7. The lowest BCUT2D eigenvalue weighted by molar-refractivity contribution is 0.0599. The molecule has 9 heteroatoms. The van der Waals surface area contributed by atoms with Gasteiger partial charge in [0.2, 0.25) is 0 Å². The third kappa shape index (κ3) is 7.50. The molecule has 2 aliphatic rings. The van der Waals surface area contributed by atoms with Crippen LogP contribution < -0.4 is 10.6 Å². The third-order valence-electron chi connectivity index (χ3n) is 10.4. The fourth-order valence-electron chi connectivity index (χ4n) is 7.83. The molecule has 3 N–H and O–H groups in total. The topological polar surface area (TPSA) is 96.4 Å². The second-order valence-electron chi connectivity index (χ2n) is 14.7. The van der Waals surface area contributed by atoms with E-state index in [1.54, 1.807) is 24.3 Å². The van der Waals surface area contributed by atoms with Crippen LogP contribution in [0.5, 0.6) is 0 Å². The van der Waals surface area contributed by atoms with Crippen molar-refractivity contribution in [3.8, 4) is 44.8 Å². The van der Waals surface area contributed by atoms with Crippen molar-refractivity contribution < 1.29 is 23.4 Å². The number of aromatic nitrogens is 2. The zero-order valence-electron chi connectivity index (χ0n) is 32.3. The van der Waals surface area contributed by atoms with Gasteiger partial charge in [0.25, 0.3) is 0 Å². The summed E-state index contributed by atoms with van der Waals surface area (Å²) in [5.41, 5.74) is 14.6. The predicted molar refractivity (Wildman–Crippen MR) is 217 cm³/mol. The average molecular weight is 753 g/mol. The van der Waals surface area contributed by atoms with Crippen molar-refractivity contribution in [2.75, 3.05) is 7.11 Å². The molecule has 0 fully saturated rings. The molecule has 4 aromatic carbocycles. The lowest BCUT2D eigenvalue weighted by atomic mass is 9.87. The molecule has 0 atom stereocenters. The first-order valence-corrected chi connectivity index (χ1v) is 19.0. The number of benzene rings is 4. The summed E-state index contributed by atoms with van der Waals surface area (Å²) < 4.78 is 32.3. The summed E-state index contributed by atoms with van der Waals surface area (Å²) >= 11 is 0. The van der Waals surface area contributed by atoms with Gasteiger partial charge in [-0.2, -0.15) is 0 Å². The smallest absolute Gasteiger partial charge is 0.340 e. The van der Waals surface area contributed by atoms with Crippen LogP contribution >= 0.6 is 0 Å². The Morgan fingerprint density at radius 1 is 0.661 bits per heavy atom. The predicted octanol–water partition coefficient (Wildman–Crippen LogP) is 9.84. The Bertz CT molecular complexity index is 2390. The van der Waals surface area contributed by atoms with E-state index in [4.69, 9.17) is 14.7 Å². The summed E-state index contributed by atoms with van der Waals surface area (Å²) in [7, 11) is 1.38. The van der Waals surface area contributed by atoms with Gasteiger partial charge in [-0.25, -0.2) is 13.6 Å². The summed E-state index contributed by atoms with van der Waals surface area (Å²) in [5, 5.41) is 17.1. The van der Waals surface area contributed by atoms with E-state index >= 15 is 0 Å². The maximum absolute atomic E-state index is 13.6. The number of fused-ring (bicyclic) bond motifs is 6. The van der Waals surface area contributed by atoms with Crippen LogP contribution in [-0.2, 0) is 37.5 Å². The fraction of sp³-hybridized carbons (Fsp3) is 0.255. The van der Waals surface area contributed by atoms with E-state index in [9.17, 15) is 18.7 Å². The zero-order valence-corrected chi connectivity index (χ0v) is 32.3. The SMILES string of the molecule is CC(C)c1nc2c(c(-c3ccc(F)cc3)c1CO)CNCc1ccccc1-2.COC(=O)c1c(C(C)C)nc2c(c1-c1ccc(F)cc1)CNCc1ccccc1-2. The van der Waals surface area contributed by atoms with E-state index in [0.29, 0.717) is 30.9 Å². The minimum Gasteiger partial charge on any atom is -0.465 e. The molecule has 2 aliphatic heterocycles. The monoisotopic (exact) mass is 752 g/mol. The van der Waals surface area contributed by atoms with Crippen molar-refractivity contribution in [3.63, 3.8) is 0 Å². The Hall–Kier alpha value is -5.61. The second-order valence-corrected chi connectivity index (χ2v) is 14.7. The number of pyridine rings is 2. The molecule has 0 unspecified atom stereocenters. The molecule has 286 valence electrons. The number of aliphatic hydroxyl groups excluding tert-OH is 1. The molecule has 2 aromatic heterocycles. The molecule has 8 rings (SSSR count). The minimum atomic E-state index is -0.430. The summed E-state index contributed by atoms with van der Waals surface area (Å²) in [5.74, 6) is -0.837. The van der Waals surface area contributed by atoms with Gasteiger partial charge in [-0.1, -0.05) is 100 Å². The number of ether oxygens (including phenoxy) is 1. The number of nitrogens with one attached hydrogen (secondary N) is 2. The van der Waals surface area contributed by atoms with Crippen molar-refractivity contribution in [2.24, 2.45) is 0 Å². The van der Waals surface area contributed by atoms with Gasteiger partial charge in [-0.15, -0.1) is 0 Å². The summed E-state index contributed by atoms with van der Waals surface area (Å²) in [6.45, 7) is 10.8. The highest BCUT2D eigenvalue weighted by molar-refractivity contribution is 6.01. The maximum atomic E-state index is 13.6. The van der Waals surface area contributed by atoms with Crippen LogP contribution in [0.25, 0.3) is 44.8 Å². The molecule has 4 heterocycles. The Balaban J connectivity index is 0.000000172. The van der Waals surface area contributed by atoms with Crippen molar-refractivity contribution in [1.29, 1.82) is 0 Å². The van der Waals surface area contributed by atoms with E-state index in [2.05, 4.69) is 48.7 Å². The van der Waals surface area contributed by atoms with E-state index in [1.165, 1.54) is 36.9 Å². The van der Waals surface area contributed by atoms with E-state index in [-0.39, 0.29) is 30.1 Å². The number of hydrogen-bond donors (Lipinski definition) is 3. The van der Waals surface area contributed by atoms with Gasteiger partial charge in [-0.3, -0.25) is 9.97 Å². The molecule has 7 nitrogen and oxygen atoms in total. The van der Waals surface area contributed by atoms with E-state index in [0.717, 1.165) is 79.3 Å². The van der Waals surface area contributed by atoms with Gasteiger partial charge in [0, 0.05) is 65.3 Å². The van der Waals surface area contributed by atoms with Crippen LogP contribution in [0.2, 0.25) is 0 Å². The number of nitrogens with zero attached hydrogens (tertiary/aromatic N) is 2. The van der Waals surface area contributed by atoms with Gasteiger partial charge in [-0.05, 0) is 63.9 Å². The van der Waals surface area contributed by atoms with Gasteiger partial charge >= 0.3 is 5.97 Å². The number of aliphatic hydroxyl groups is 1. The van der Waals surface area contributed by atoms with Crippen molar-refractivity contribution in [3.05, 3.63) is 153 Å². The highest BCUT2D eigenvalue weighted by atomic mass is 19.1. The number of carbonyl (C=O) groups is 1. The van der Waals surface area contributed by atoms with Crippen LogP contribution in [0.4, 0.5) is 8.78 Å².